The molecular formula is C17H14F3N3S. The normalized spacial score (nSPS) is 14.3. The summed E-state index contributed by atoms with van der Waals surface area (Å²) in [7, 11) is 1.86. The van der Waals surface area contributed by atoms with Gasteiger partial charge in [-0.3, -0.25) is 0 Å². The molecule has 0 unspecified atom stereocenters. The predicted molar refractivity (Wildman–Crippen MR) is 88.3 cm³/mol. The third kappa shape index (κ3) is 2.26. The van der Waals surface area contributed by atoms with Crippen LogP contribution in [0.4, 0.5) is 13.2 Å². The summed E-state index contributed by atoms with van der Waals surface area (Å²) in [6.07, 6.45) is -2.39. The molecule has 4 rings (SSSR count). The highest BCUT2D eigenvalue weighted by atomic mass is 32.1. The van der Waals surface area contributed by atoms with E-state index in [9.17, 15) is 13.2 Å². The molecule has 0 bridgehead atoms. The third-order valence-electron chi connectivity index (χ3n) is 4.51. The van der Waals surface area contributed by atoms with Crippen LogP contribution in [-0.2, 0) is 26.2 Å². The number of halogens is 3. The van der Waals surface area contributed by atoms with E-state index in [0.717, 1.165) is 58.7 Å². The Kier molecular flexibility index (Phi) is 3.32. The average molecular weight is 349 g/mol. The van der Waals surface area contributed by atoms with Crippen LogP contribution in [0, 0.1) is 4.64 Å². The first-order valence-electron chi connectivity index (χ1n) is 7.63. The molecule has 1 aliphatic heterocycles. The monoisotopic (exact) mass is 349 g/mol. The lowest BCUT2D eigenvalue weighted by molar-refractivity contribution is -0.137. The van der Waals surface area contributed by atoms with Crippen molar-refractivity contribution in [3.63, 3.8) is 0 Å². The summed E-state index contributed by atoms with van der Waals surface area (Å²) in [5.74, 6) is 0.979. The van der Waals surface area contributed by atoms with Crippen LogP contribution in [0.1, 0.15) is 17.8 Å². The summed E-state index contributed by atoms with van der Waals surface area (Å²) in [6.45, 7) is 0.877. The molecule has 7 heteroatoms. The van der Waals surface area contributed by atoms with Crippen LogP contribution in [0.15, 0.2) is 30.3 Å². The van der Waals surface area contributed by atoms with Gasteiger partial charge in [-0.1, -0.05) is 24.4 Å². The zero-order valence-corrected chi connectivity index (χ0v) is 13.7. The molecule has 2 aromatic heterocycles. The minimum atomic E-state index is -4.33. The van der Waals surface area contributed by atoms with Gasteiger partial charge in [0.1, 0.15) is 16.1 Å². The fourth-order valence-corrected chi connectivity index (χ4v) is 3.60. The molecule has 0 saturated carbocycles. The Morgan fingerprint density at radius 1 is 1.17 bits per heavy atom. The van der Waals surface area contributed by atoms with Gasteiger partial charge in [-0.05, 0) is 30.2 Å². The summed E-state index contributed by atoms with van der Waals surface area (Å²) >= 11 is 5.57. The van der Waals surface area contributed by atoms with E-state index >= 15 is 0 Å². The minimum Gasteiger partial charge on any atom is -0.328 e. The molecule has 0 radical (unpaired) electrons. The van der Waals surface area contributed by atoms with Crippen molar-refractivity contribution in [3.05, 3.63) is 46.4 Å². The quantitative estimate of drug-likeness (QED) is 0.593. The molecule has 0 aliphatic carbocycles. The number of aromatic nitrogens is 3. The summed E-state index contributed by atoms with van der Waals surface area (Å²) in [5, 5.41) is 0.869. The number of aryl methyl sites for hydroxylation is 2. The second-order valence-corrected chi connectivity index (χ2v) is 6.38. The molecule has 0 N–H and O–H groups in total. The Balaban J connectivity index is 1.88. The Morgan fingerprint density at radius 3 is 2.54 bits per heavy atom. The van der Waals surface area contributed by atoms with Gasteiger partial charge in [0.25, 0.3) is 0 Å². The molecule has 124 valence electrons. The standard InChI is InChI=1S/C17H14F3N3S/c1-22-13(10-4-6-11(7-5-10)17(18,19)20)9-12-15(22)21-14-3-2-8-23(14)16(12)24/h4-7,9H,2-3,8H2,1H3. The van der Waals surface area contributed by atoms with Crippen LogP contribution >= 0.6 is 12.2 Å². The molecule has 1 aliphatic rings. The van der Waals surface area contributed by atoms with Crippen LogP contribution in [0.2, 0.25) is 0 Å². The summed E-state index contributed by atoms with van der Waals surface area (Å²) in [6, 6.07) is 7.09. The molecule has 0 amide bonds. The van der Waals surface area contributed by atoms with Crippen LogP contribution < -0.4 is 0 Å². The number of nitrogens with zero attached hydrogens (tertiary/aromatic N) is 3. The first-order chi connectivity index (χ1) is 11.4. The van der Waals surface area contributed by atoms with E-state index in [0.29, 0.717) is 5.56 Å². The lowest BCUT2D eigenvalue weighted by atomic mass is 10.1. The second kappa shape index (κ2) is 5.17. The van der Waals surface area contributed by atoms with E-state index in [4.69, 9.17) is 17.2 Å². The highest BCUT2D eigenvalue weighted by Gasteiger charge is 2.30. The summed E-state index contributed by atoms with van der Waals surface area (Å²) in [4.78, 5) is 4.70. The van der Waals surface area contributed by atoms with Crippen molar-refractivity contribution in [2.45, 2.75) is 25.6 Å². The van der Waals surface area contributed by atoms with Crippen molar-refractivity contribution in [3.8, 4) is 11.3 Å². The van der Waals surface area contributed by atoms with Gasteiger partial charge in [0.2, 0.25) is 0 Å². The maximum Gasteiger partial charge on any atom is 0.416 e. The molecule has 0 spiro atoms. The maximum atomic E-state index is 12.7. The molecule has 0 atom stereocenters. The highest BCUT2D eigenvalue weighted by Crippen LogP contribution is 2.33. The largest absolute Gasteiger partial charge is 0.416 e. The lowest BCUT2D eigenvalue weighted by Gasteiger charge is -2.08. The number of rotatable bonds is 1. The Bertz CT molecular complexity index is 997. The van der Waals surface area contributed by atoms with Crippen molar-refractivity contribution in [1.82, 2.24) is 14.1 Å². The van der Waals surface area contributed by atoms with Crippen LogP contribution in [0.25, 0.3) is 22.3 Å². The molecule has 0 fully saturated rings. The zero-order valence-electron chi connectivity index (χ0n) is 12.9. The minimum absolute atomic E-state index is 0.651. The number of hydrogen-bond acceptors (Lipinski definition) is 2. The van der Waals surface area contributed by atoms with Crippen molar-refractivity contribution in [1.29, 1.82) is 0 Å². The number of alkyl halides is 3. The fourth-order valence-electron chi connectivity index (χ4n) is 3.25. The SMILES string of the molecule is Cn1c(-c2ccc(C(F)(F)F)cc2)cc2c(=S)n3c(nc21)CCC3. The summed E-state index contributed by atoms with van der Waals surface area (Å²) in [5.41, 5.74) is 1.65. The Labute approximate surface area is 141 Å². The van der Waals surface area contributed by atoms with Gasteiger partial charge in [0.15, 0.2) is 0 Å². The van der Waals surface area contributed by atoms with Crippen LogP contribution in [0.3, 0.4) is 0 Å². The Hall–Kier alpha value is -2.15. The second-order valence-electron chi connectivity index (χ2n) is 5.99. The molecule has 3 aromatic rings. The van der Waals surface area contributed by atoms with Gasteiger partial charge in [-0.25, -0.2) is 4.98 Å². The lowest BCUT2D eigenvalue weighted by Crippen LogP contribution is -2.04. The summed E-state index contributed by atoms with van der Waals surface area (Å²) < 4.78 is 42.9. The molecule has 1 aromatic carbocycles. The van der Waals surface area contributed by atoms with Crippen LogP contribution in [0.5, 0.6) is 0 Å². The topological polar surface area (TPSA) is 22.8 Å². The number of hydrogen-bond donors (Lipinski definition) is 0. The van der Waals surface area contributed by atoms with Crippen molar-refractivity contribution in [2.75, 3.05) is 0 Å². The van der Waals surface area contributed by atoms with E-state index in [1.54, 1.807) is 0 Å². The number of benzene rings is 1. The van der Waals surface area contributed by atoms with Gasteiger partial charge in [-0.2, -0.15) is 13.2 Å². The van der Waals surface area contributed by atoms with Gasteiger partial charge < -0.3 is 9.13 Å². The average Bonchev–Trinajstić information content (AvgIpc) is 3.13. The molecule has 3 nitrogen and oxygen atoms in total. The first kappa shape index (κ1) is 15.4. The predicted octanol–water partition coefficient (Wildman–Crippen LogP) is 4.74. The van der Waals surface area contributed by atoms with Crippen molar-refractivity contribution < 1.29 is 13.2 Å². The molecule has 24 heavy (non-hydrogen) atoms. The molecular weight excluding hydrogens is 335 g/mol. The van der Waals surface area contributed by atoms with Gasteiger partial charge in [-0.15, -0.1) is 0 Å². The highest BCUT2D eigenvalue weighted by molar-refractivity contribution is 7.71. The van der Waals surface area contributed by atoms with Crippen molar-refractivity contribution in [2.24, 2.45) is 7.05 Å². The first-order valence-corrected chi connectivity index (χ1v) is 8.04. The van der Waals surface area contributed by atoms with E-state index in [1.165, 1.54) is 12.1 Å². The van der Waals surface area contributed by atoms with Gasteiger partial charge in [0.05, 0.1) is 16.6 Å². The van der Waals surface area contributed by atoms with E-state index in [-0.39, 0.29) is 0 Å². The zero-order chi connectivity index (χ0) is 17.1. The molecule has 3 heterocycles. The van der Waals surface area contributed by atoms with Crippen molar-refractivity contribution >= 4 is 23.3 Å². The fraction of sp³-hybridized carbons (Fsp3) is 0.294. The Morgan fingerprint density at radius 2 is 1.88 bits per heavy atom. The van der Waals surface area contributed by atoms with Gasteiger partial charge in [0, 0.05) is 20.0 Å². The van der Waals surface area contributed by atoms with Gasteiger partial charge >= 0.3 is 6.18 Å². The smallest absolute Gasteiger partial charge is 0.328 e. The van der Waals surface area contributed by atoms with Crippen LogP contribution in [-0.4, -0.2) is 14.1 Å². The van der Waals surface area contributed by atoms with E-state index in [2.05, 4.69) is 0 Å². The molecule has 0 saturated heterocycles. The van der Waals surface area contributed by atoms with E-state index in [1.807, 2.05) is 22.2 Å². The van der Waals surface area contributed by atoms with E-state index < -0.39 is 11.7 Å². The third-order valence-corrected chi connectivity index (χ3v) is 4.95. The maximum absolute atomic E-state index is 12.7. The number of fused-ring (bicyclic) bond motifs is 2.